The van der Waals surface area contributed by atoms with Gasteiger partial charge in [-0.25, -0.2) is 9.59 Å². The van der Waals surface area contributed by atoms with Crippen molar-refractivity contribution in [1.82, 2.24) is 0 Å². The van der Waals surface area contributed by atoms with Crippen molar-refractivity contribution in [2.45, 2.75) is 39.9 Å². The van der Waals surface area contributed by atoms with Gasteiger partial charge in [0.05, 0.1) is 17.2 Å². The van der Waals surface area contributed by atoms with Crippen molar-refractivity contribution in [1.29, 1.82) is 0 Å². The highest BCUT2D eigenvalue weighted by Gasteiger charge is 2.20. The van der Waals surface area contributed by atoms with Crippen LogP contribution in [0, 0.1) is 0 Å². The number of rotatable bonds is 8. The first kappa shape index (κ1) is 22.7. The number of hydrogen-bond donors (Lipinski definition) is 0. The molecule has 3 aromatic rings. The highest BCUT2D eigenvalue weighted by atomic mass is 35.5. The molecule has 0 aliphatic carbocycles. The average molecular weight is 445 g/mol. The molecule has 6 nitrogen and oxygen atoms in total. The second kappa shape index (κ2) is 9.88. The van der Waals surface area contributed by atoms with Crippen molar-refractivity contribution in [2.75, 3.05) is 13.2 Å². The first-order valence-electron chi connectivity index (χ1n) is 10.1. The van der Waals surface area contributed by atoms with Crippen LogP contribution in [0.1, 0.15) is 27.7 Å². The van der Waals surface area contributed by atoms with E-state index in [1.54, 1.807) is 39.8 Å². The third-order valence-electron chi connectivity index (χ3n) is 4.30. The smallest absolute Gasteiger partial charge is 0.344 e. The summed E-state index contributed by atoms with van der Waals surface area (Å²) in [5.74, 6) is 0.00184. The Labute approximate surface area is 186 Å². The standard InChI is InChI=1S/C24H25ClO6/c1-14(2)30-20(26)12-28-23-16-8-5-6-9-17(16)24(29-13-21(27)31-15(3)4)22-18(23)10-7-11-19(22)25/h5-11,14-15H,12-13H2,1-4H3. The van der Waals surface area contributed by atoms with Crippen molar-refractivity contribution >= 4 is 45.1 Å². The van der Waals surface area contributed by atoms with Crippen molar-refractivity contribution in [3.8, 4) is 11.5 Å². The number of halogens is 1. The molecule has 0 atom stereocenters. The molecular formula is C24H25ClO6. The van der Waals surface area contributed by atoms with E-state index in [9.17, 15) is 9.59 Å². The second-order valence-corrected chi connectivity index (χ2v) is 7.93. The lowest BCUT2D eigenvalue weighted by Gasteiger charge is -2.18. The molecule has 0 radical (unpaired) electrons. The Morgan fingerprint density at radius 2 is 1.23 bits per heavy atom. The SMILES string of the molecule is CC(C)OC(=O)COc1c2ccccc2c(OCC(=O)OC(C)C)c2c(Cl)cccc12. The molecule has 3 aromatic carbocycles. The minimum Gasteiger partial charge on any atom is -0.481 e. The fourth-order valence-corrected chi connectivity index (χ4v) is 3.52. The molecule has 0 spiro atoms. The number of benzene rings is 3. The van der Waals surface area contributed by atoms with Crippen LogP contribution in [-0.4, -0.2) is 37.4 Å². The number of carbonyl (C=O) groups is 2. The maximum Gasteiger partial charge on any atom is 0.344 e. The van der Waals surface area contributed by atoms with E-state index in [1.165, 1.54) is 0 Å². The molecule has 0 N–H and O–H groups in total. The maximum atomic E-state index is 12.1. The van der Waals surface area contributed by atoms with Gasteiger partial charge in [0.25, 0.3) is 0 Å². The normalized spacial score (nSPS) is 11.2. The van der Waals surface area contributed by atoms with Gasteiger partial charge in [-0.15, -0.1) is 0 Å². The Morgan fingerprint density at radius 3 is 1.77 bits per heavy atom. The Bertz CT molecular complexity index is 1110. The highest BCUT2D eigenvalue weighted by Crippen LogP contribution is 2.45. The zero-order valence-corrected chi connectivity index (χ0v) is 18.7. The van der Waals surface area contributed by atoms with Gasteiger partial charge in [0.15, 0.2) is 13.2 Å². The number of esters is 2. The van der Waals surface area contributed by atoms with Crippen molar-refractivity contribution in [3.63, 3.8) is 0 Å². The topological polar surface area (TPSA) is 71.1 Å². The largest absolute Gasteiger partial charge is 0.481 e. The molecule has 0 unspecified atom stereocenters. The fraction of sp³-hybridized carbons (Fsp3) is 0.333. The van der Waals surface area contributed by atoms with Crippen LogP contribution < -0.4 is 9.47 Å². The molecule has 0 aromatic heterocycles. The number of hydrogen-bond acceptors (Lipinski definition) is 6. The summed E-state index contributed by atoms with van der Waals surface area (Å²) in [7, 11) is 0. The van der Waals surface area contributed by atoms with Crippen molar-refractivity contribution in [2.24, 2.45) is 0 Å². The van der Waals surface area contributed by atoms with Gasteiger partial charge in [-0.1, -0.05) is 48.0 Å². The van der Waals surface area contributed by atoms with Gasteiger partial charge in [-0.2, -0.15) is 0 Å². The average Bonchev–Trinajstić information content (AvgIpc) is 2.69. The third kappa shape index (κ3) is 5.39. The van der Waals surface area contributed by atoms with E-state index < -0.39 is 11.9 Å². The summed E-state index contributed by atoms with van der Waals surface area (Å²) < 4.78 is 22.2. The van der Waals surface area contributed by atoms with E-state index in [0.29, 0.717) is 32.7 Å². The summed E-state index contributed by atoms with van der Waals surface area (Å²) in [5.41, 5.74) is 0. The predicted octanol–water partition coefficient (Wildman–Crippen LogP) is 5.31. The van der Waals surface area contributed by atoms with Crippen LogP contribution in [-0.2, 0) is 19.1 Å². The molecule has 7 heteroatoms. The number of fused-ring (bicyclic) bond motifs is 2. The fourth-order valence-electron chi connectivity index (χ4n) is 3.26. The summed E-state index contributed by atoms with van der Waals surface area (Å²) >= 11 is 6.52. The van der Waals surface area contributed by atoms with Crippen LogP contribution in [0.15, 0.2) is 42.5 Å². The first-order chi connectivity index (χ1) is 14.8. The molecule has 0 bridgehead atoms. The van der Waals surface area contributed by atoms with Crippen molar-refractivity contribution in [3.05, 3.63) is 47.5 Å². The number of ether oxygens (including phenoxy) is 4. The molecule has 164 valence electrons. The van der Waals surface area contributed by atoms with Crippen LogP contribution in [0.2, 0.25) is 5.02 Å². The van der Waals surface area contributed by atoms with E-state index in [4.69, 9.17) is 30.5 Å². The zero-order chi connectivity index (χ0) is 22.5. The van der Waals surface area contributed by atoms with Crippen LogP contribution in [0.3, 0.4) is 0 Å². The summed E-state index contributed by atoms with van der Waals surface area (Å²) in [6.45, 7) is 6.60. The van der Waals surface area contributed by atoms with E-state index in [-0.39, 0.29) is 25.4 Å². The molecule has 0 heterocycles. The van der Waals surface area contributed by atoms with Crippen molar-refractivity contribution < 1.29 is 28.5 Å². The van der Waals surface area contributed by atoms with Gasteiger partial charge < -0.3 is 18.9 Å². The third-order valence-corrected chi connectivity index (χ3v) is 4.62. The quantitative estimate of drug-likeness (QED) is 0.346. The Balaban J connectivity index is 2.08. The monoisotopic (exact) mass is 444 g/mol. The molecule has 0 fully saturated rings. The second-order valence-electron chi connectivity index (χ2n) is 7.52. The van der Waals surface area contributed by atoms with E-state index in [0.717, 1.165) is 5.39 Å². The lowest BCUT2D eigenvalue weighted by Crippen LogP contribution is -2.19. The molecule has 0 saturated carbocycles. The molecule has 31 heavy (non-hydrogen) atoms. The lowest BCUT2D eigenvalue weighted by molar-refractivity contribution is -0.150. The van der Waals surface area contributed by atoms with E-state index in [1.807, 2.05) is 30.3 Å². The van der Waals surface area contributed by atoms with Crippen LogP contribution in [0.5, 0.6) is 11.5 Å². The molecule has 0 saturated heterocycles. The molecule has 3 rings (SSSR count). The minimum absolute atomic E-state index is 0.236. The summed E-state index contributed by atoms with van der Waals surface area (Å²) in [5, 5.41) is 3.11. The number of carbonyl (C=O) groups excluding carboxylic acids is 2. The highest BCUT2D eigenvalue weighted by molar-refractivity contribution is 6.37. The molecule has 0 amide bonds. The van der Waals surface area contributed by atoms with Crippen LogP contribution in [0.25, 0.3) is 21.5 Å². The summed E-state index contributed by atoms with van der Waals surface area (Å²) in [4.78, 5) is 24.1. The van der Waals surface area contributed by atoms with Gasteiger partial charge >= 0.3 is 11.9 Å². The minimum atomic E-state index is -0.476. The zero-order valence-electron chi connectivity index (χ0n) is 17.9. The summed E-state index contributed by atoms with van der Waals surface area (Å²) in [6, 6.07) is 12.8. The maximum absolute atomic E-state index is 12.1. The Hall–Kier alpha value is -2.99. The van der Waals surface area contributed by atoms with Crippen LogP contribution >= 0.6 is 11.6 Å². The lowest BCUT2D eigenvalue weighted by atomic mass is 10.0. The van der Waals surface area contributed by atoms with Gasteiger partial charge in [0, 0.05) is 21.5 Å². The van der Waals surface area contributed by atoms with Gasteiger partial charge in [0.2, 0.25) is 0 Å². The molecule has 0 aliphatic rings. The first-order valence-corrected chi connectivity index (χ1v) is 10.4. The Morgan fingerprint density at radius 1 is 0.742 bits per heavy atom. The van der Waals surface area contributed by atoms with Gasteiger partial charge in [-0.05, 0) is 33.8 Å². The molecule has 0 aliphatic heterocycles. The van der Waals surface area contributed by atoms with Crippen LogP contribution in [0.4, 0.5) is 0 Å². The van der Waals surface area contributed by atoms with E-state index >= 15 is 0 Å². The Kier molecular flexibility index (Phi) is 7.23. The van der Waals surface area contributed by atoms with Gasteiger partial charge in [0.1, 0.15) is 11.5 Å². The van der Waals surface area contributed by atoms with Gasteiger partial charge in [-0.3, -0.25) is 0 Å². The summed E-state index contributed by atoms with van der Waals surface area (Å²) in [6.07, 6.45) is -0.477. The molecular weight excluding hydrogens is 420 g/mol. The van der Waals surface area contributed by atoms with E-state index in [2.05, 4.69) is 0 Å². The predicted molar refractivity (Wildman–Crippen MR) is 120 cm³/mol.